The first-order valence-electron chi connectivity index (χ1n) is 9.85. The molecule has 0 unspecified atom stereocenters. The van der Waals surface area contributed by atoms with Crippen molar-refractivity contribution < 1.29 is 14.3 Å². The Hall–Kier alpha value is -3.49. The van der Waals surface area contributed by atoms with E-state index in [2.05, 4.69) is 6.07 Å². The van der Waals surface area contributed by atoms with E-state index in [1.165, 1.54) is 11.0 Å². The molecule has 0 radical (unpaired) electrons. The second-order valence-electron chi connectivity index (χ2n) is 7.38. The fourth-order valence-corrected chi connectivity index (χ4v) is 4.30. The van der Waals surface area contributed by atoms with Crippen LogP contribution >= 0.6 is 0 Å². The molecule has 1 saturated heterocycles. The number of nitrogens with zero attached hydrogens (tertiary/aromatic N) is 2. The summed E-state index contributed by atoms with van der Waals surface area (Å²) in [4.78, 5) is 14.4. The second-order valence-corrected chi connectivity index (χ2v) is 7.38. The van der Waals surface area contributed by atoms with E-state index in [-0.39, 0.29) is 24.8 Å². The zero-order chi connectivity index (χ0) is 21.1. The van der Waals surface area contributed by atoms with Crippen LogP contribution in [-0.2, 0) is 11.2 Å². The molecule has 0 bridgehead atoms. The summed E-state index contributed by atoms with van der Waals surface area (Å²) in [5.74, 6) is -0.947. The Morgan fingerprint density at radius 2 is 1.60 bits per heavy atom. The van der Waals surface area contributed by atoms with Gasteiger partial charge in [0, 0.05) is 11.5 Å². The maximum absolute atomic E-state index is 14.5. The quantitative estimate of drug-likeness (QED) is 0.706. The number of benzene rings is 3. The lowest BCUT2D eigenvalue weighted by atomic mass is 9.73. The normalized spacial score (nSPS) is 20.3. The molecular weight excluding hydrogens is 379 g/mol. The summed E-state index contributed by atoms with van der Waals surface area (Å²) in [6.45, 7) is -0.269. The summed E-state index contributed by atoms with van der Waals surface area (Å²) < 4.78 is 14.5. The standard InChI is InChI=1S/C25H21FN2O2/c26-21-13-7-6-11-19(21)18-10-4-5-12-20(18)25-22(15-27)28(23(25)16-29)24(30)14-17-8-2-1-3-9-17/h1-13,22-23,25,29H,14,16H2/t22-,23-,25-/m0/s1. The van der Waals surface area contributed by atoms with Crippen LogP contribution in [0, 0.1) is 17.1 Å². The maximum Gasteiger partial charge on any atom is 0.228 e. The zero-order valence-corrected chi connectivity index (χ0v) is 16.3. The molecule has 5 heteroatoms. The molecule has 1 heterocycles. The van der Waals surface area contributed by atoms with Crippen molar-refractivity contribution in [3.63, 3.8) is 0 Å². The Balaban J connectivity index is 1.67. The van der Waals surface area contributed by atoms with Crippen LogP contribution in [0.4, 0.5) is 4.39 Å². The van der Waals surface area contributed by atoms with Crippen molar-refractivity contribution in [1.82, 2.24) is 4.90 Å². The lowest BCUT2D eigenvalue weighted by Crippen LogP contribution is -2.65. The maximum atomic E-state index is 14.5. The number of likely N-dealkylation sites (tertiary alicyclic amines) is 1. The highest BCUT2D eigenvalue weighted by Gasteiger charge is 2.52. The molecular formula is C25H21FN2O2. The predicted octanol–water partition coefficient (Wildman–Crippen LogP) is 3.91. The van der Waals surface area contributed by atoms with E-state index in [0.717, 1.165) is 11.1 Å². The predicted molar refractivity (Wildman–Crippen MR) is 112 cm³/mol. The number of amides is 1. The van der Waals surface area contributed by atoms with Gasteiger partial charge in [0.1, 0.15) is 11.9 Å². The number of nitriles is 1. The third-order valence-corrected chi connectivity index (χ3v) is 5.70. The molecule has 0 aromatic heterocycles. The van der Waals surface area contributed by atoms with Gasteiger partial charge in [-0.3, -0.25) is 4.79 Å². The number of carbonyl (C=O) groups is 1. The lowest BCUT2D eigenvalue weighted by Gasteiger charge is -2.52. The Bertz CT molecular complexity index is 1090. The first-order chi connectivity index (χ1) is 14.7. The van der Waals surface area contributed by atoms with Gasteiger partial charge in [-0.2, -0.15) is 5.26 Å². The molecule has 0 aliphatic carbocycles. The minimum atomic E-state index is -0.716. The summed E-state index contributed by atoms with van der Waals surface area (Å²) in [5.41, 5.74) is 2.73. The molecule has 3 atom stereocenters. The van der Waals surface area contributed by atoms with Crippen molar-refractivity contribution in [1.29, 1.82) is 5.26 Å². The Morgan fingerprint density at radius 1 is 0.967 bits per heavy atom. The lowest BCUT2D eigenvalue weighted by molar-refractivity contribution is -0.146. The second kappa shape index (κ2) is 8.48. The molecule has 4 nitrogen and oxygen atoms in total. The number of hydrogen-bond donors (Lipinski definition) is 1. The third-order valence-electron chi connectivity index (χ3n) is 5.70. The van der Waals surface area contributed by atoms with Gasteiger partial charge in [-0.1, -0.05) is 72.8 Å². The summed E-state index contributed by atoms with van der Waals surface area (Å²) in [6.07, 6.45) is 0.164. The first-order valence-corrected chi connectivity index (χ1v) is 9.85. The van der Waals surface area contributed by atoms with Crippen molar-refractivity contribution in [2.24, 2.45) is 0 Å². The monoisotopic (exact) mass is 400 g/mol. The SMILES string of the molecule is N#C[C@H]1[C@H](c2ccccc2-c2ccccc2F)[C@H](CO)N1C(=O)Cc1ccccc1. The van der Waals surface area contributed by atoms with Gasteiger partial charge in [-0.25, -0.2) is 4.39 Å². The fraction of sp³-hybridized carbons (Fsp3) is 0.200. The van der Waals surface area contributed by atoms with E-state index in [9.17, 15) is 19.6 Å². The van der Waals surface area contributed by atoms with Crippen LogP contribution in [0.25, 0.3) is 11.1 Å². The van der Waals surface area contributed by atoms with Gasteiger partial charge in [0.15, 0.2) is 0 Å². The number of aliphatic hydroxyl groups is 1. The van der Waals surface area contributed by atoms with Gasteiger partial charge in [0.05, 0.1) is 25.1 Å². The van der Waals surface area contributed by atoms with Crippen LogP contribution in [0.3, 0.4) is 0 Å². The highest BCUT2D eigenvalue weighted by atomic mass is 19.1. The van der Waals surface area contributed by atoms with Crippen molar-refractivity contribution in [2.45, 2.75) is 24.4 Å². The zero-order valence-electron chi connectivity index (χ0n) is 16.3. The van der Waals surface area contributed by atoms with Crippen LogP contribution in [0.2, 0.25) is 0 Å². The summed E-state index contributed by atoms with van der Waals surface area (Å²) >= 11 is 0. The summed E-state index contributed by atoms with van der Waals surface area (Å²) in [7, 11) is 0. The van der Waals surface area contributed by atoms with Gasteiger partial charge in [-0.15, -0.1) is 0 Å². The Kier molecular flexibility index (Phi) is 5.60. The average molecular weight is 400 g/mol. The molecule has 150 valence electrons. The van der Waals surface area contributed by atoms with E-state index in [1.807, 2.05) is 54.6 Å². The summed E-state index contributed by atoms with van der Waals surface area (Å²) in [6, 6.07) is 24.1. The Labute approximate surface area is 174 Å². The molecule has 1 fully saturated rings. The van der Waals surface area contributed by atoms with Gasteiger partial charge < -0.3 is 10.0 Å². The molecule has 1 aliphatic rings. The minimum Gasteiger partial charge on any atom is -0.394 e. The van der Waals surface area contributed by atoms with E-state index in [1.54, 1.807) is 18.2 Å². The van der Waals surface area contributed by atoms with E-state index in [0.29, 0.717) is 11.1 Å². The van der Waals surface area contributed by atoms with Crippen LogP contribution in [0.1, 0.15) is 17.0 Å². The highest BCUT2D eigenvalue weighted by Crippen LogP contribution is 2.44. The van der Waals surface area contributed by atoms with Gasteiger partial charge in [0.2, 0.25) is 5.91 Å². The van der Waals surface area contributed by atoms with Gasteiger partial charge in [-0.05, 0) is 22.8 Å². The molecule has 0 saturated carbocycles. The molecule has 4 rings (SSSR count). The van der Waals surface area contributed by atoms with E-state index >= 15 is 0 Å². The highest BCUT2D eigenvalue weighted by molar-refractivity contribution is 5.82. The molecule has 30 heavy (non-hydrogen) atoms. The van der Waals surface area contributed by atoms with Gasteiger partial charge >= 0.3 is 0 Å². The number of carbonyl (C=O) groups excluding carboxylic acids is 1. The number of rotatable bonds is 5. The smallest absolute Gasteiger partial charge is 0.228 e. The molecule has 3 aromatic rings. The van der Waals surface area contributed by atoms with E-state index < -0.39 is 18.0 Å². The topological polar surface area (TPSA) is 64.3 Å². The van der Waals surface area contributed by atoms with Crippen molar-refractivity contribution in [3.8, 4) is 17.2 Å². The average Bonchev–Trinajstić information content (AvgIpc) is 2.75. The molecule has 1 amide bonds. The molecule has 1 N–H and O–H groups in total. The van der Waals surface area contributed by atoms with Crippen LogP contribution < -0.4 is 0 Å². The van der Waals surface area contributed by atoms with E-state index in [4.69, 9.17) is 0 Å². The van der Waals surface area contributed by atoms with Crippen molar-refractivity contribution in [3.05, 3.63) is 95.8 Å². The third kappa shape index (κ3) is 3.47. The minimum absolute atomic E-state index is 0.164. The Morgan fingerprint density at radius 3 is 2.27 bits per heavy atom. The molecule has 1 aliphatic heterocycles. The number of hydrogen-bond acceptors (Lipinski definition) is 3. The molecule has 0 spiro atoms. The van der Waals surface area contributed by atoms with Crippen molar-refractivity contribution in [2.75, 3.05) is 6.61 Å². The largest absolute Gasteiger partial charge is 0.394 e. The van der Waals surface area contributed by atoms with Gasteiger partial charge in [0.25, 0.3) is 0 Å². The number of halogens is 1. The number of aliphatic hydroxyl groups excluding tert-OH is 1. The van der Waals surface area contributed by atoms with Crippen LogP contribution in [0.5, 0.6) is 0 Å². The molecule has 3 aromatic carbocycles. The van der Waals surface area contributed by atoms with Crippen LogP contribution in [-0.4, -0.2) is 34.6 Å². The summed E-state index contributed by atoms with van der Waals surface area (Å²) in [5, 5.41) is 19.9. The van der Waals surface area contributed by atoms with Crippen molar-refractivity contribution >= 4 is 5.91 Å². The first kappa shape index (κ1) is 19.8. The fourth-order valence-electron chi connectivity index (χ4n) is 4.30. The van der Waals surface area contributed by atoms with Crippen LogP contribution in [0.15, 0.2) is 78.9 Å².